The summed E-state index contributed by atoms with van der Waals surface area (Å²) in [4.78, 5) is 14.0. The van der Waals surface area contributed by atoms with E-state index in [1.807, 2.05) is 29.2 Å². The number of hydrogen-bond acceptors (Lipinski definition) is 2. The van der Waals surface area contributed by atoms with Crippen molar-refractivity contribution in [1.29, 1.82) is 0 Å². The molecule has 2 amide bonds. The largest absolute Gasteiger partial charge is 0.377 e. The second-order valence-electron chi connectivity index (χ2n) is 5.54. The number of nitrogens with one attached hydrogen (secondary N) is 1. The Morgan fingerprint density at radius 1 is 1.36 bits per heavy atom. The van der Waals surface area contributed by atoms with Gasteiger partial charge in [0.1, 0.15) is 0 Å². The van der Waals surface area contributed by atoms with Crippen LogP contribution in [0, 0.1) is 5.92 Å². The number of benzene rings is 1. The van der Waals surface area contributed by atoms with Crippen molar-refractivity contribution < 1.29 is 9.53 Å². The van der Waals surface area contributed by atoms with Crippen LogP contribution in [-0.4, -0.2) is 37.2 Å². The first-order valence-electron chi connectivity index (χ1n) is 7.65. The van der Waals surface area contributed by atoms with Gasteiger partial charge in [0, 0.05) is 31.3 Å². The molecule has 0 atom stereocenters. The van der Waals surface area contributed by atoms with Gasteiger partial charge in [0.15, 0.2) is 0 Å². The summed E-state index contributed by atoms with van der Waals surface area (Å²) >= 11 is 5.84. The molecule has 1 N–H and O–H groups in total. The van der Waals surface area contributed by atoms with E-state index in [4.69, 9.17) is 16.3 Å². The monoisotopic (exact) mass is 322 g/mol. The topological polar surface area (TPSA) is 41.6 Å². The summed E-state index contributed by atoms with van der Waals surface area (Å²) in [5.74, 6) is 0.542. The molecule has 1 aromatic rings. The zero-order valence-corrected chi connectivity index (χ0v) is 13.5. The van der Waals surface area contributed by atoms with Crippen molar-refractivity contribution in [2.24, 2.45) is 5.92 Å². The summed E-state index contributed by atoms with van der Waals surface area (Å²) in [6.45, 7) is 7.09. The minimum Gasteiger partial charge on any atom is -0.377 e. The molecule has 0 spiro atoms. The van der Waals surface area contributed by atoms with Crippen molar-refractivity contribution in [1.82, 2.24) is 10.2 Å². The van der Waals surface area contributed by atoms with Crippen molar-refractivity contribution in [2.45, 2.75) is 19.4 Å². The number of ether oxygens (including phenoxy) is 1. The molecule has 22 heavy (non-hydrogen) atoms. The molecule has 1 heterocycles. The molecule has 120 valence electrons. The highest BCUT2D eigenvalue weighted by Gasteiger charge is 2.22. The summed E-state index contributed by atoms with van der Waals surface area (Å²) in [7, 11) is 0. The molecule has 0 bridgehead atoms. The average molecular weight is 323 g/mol. The van der Waals surface area contributed by atoms with Crippen LogP contribution < -0.4 is 5.32 Å². The zero-order chi connectivity index (χ0) is 15.8. The normalized spacial score (nSPS) is 15.6. The molecule has 0 unspecified atom stereocenters. The number of hydrogen-bond donors (Lipinski definition) is 1. The fourth-order valence-corrected chi connectivity index (χ4v) is 2.64. The SMILES string of the molecule is C=CCOCC1CCN(C(=O)NCc2ccc(Cl)cc2)CC1. The number of halogens is 1. The molecule has 1 aliphatic heterocycles. The van der Waals surface area contributed by atoms with Crippen LogP contribution in [0.5, 0.6) is 0 Å². The lowest BCUT2D eigenvalue weighted by atomic mass is 9.98. The average Bonchev–Trinajstić information content (AvgIpc) is 2.55. The van der Waals surface area contributed by atoms with Gasteiger partial charge in [-0.2, -0.15) is 0 Å². The molecule has 0 radical (unpaired) electrons. The quantitative estimate of drug-likeness (QED) is 0.643. The fraction of sp³-hybridized carbons (Fsp3) is 0.471. The number of likely N-dealkylation sites (tertiary alicyclic amines) is 1. The zero-order valence-electron chi connectivity index (χ0n) is 12.8. The molecule has 1 fully saturated rings. The van der Waals surface area contributed by atoms with Gasteiger partial charge in [0.05, 0.1) is 6.61 Å². The molecule has 4 nitrogen and oxygen atoms in total. The number of urea groups is 1. The Labute approximate surface area is 137 Å². The van der Waals surface area contributed by atoms with Crippen molar-refractivity contribution in [3.05, 3.63) is 47.5 Å². The Bertz CT molecular complexity index is 482. The maximum Gasteiger partial charge on any atom is 0.317 e. The molecule has 2 rings (SSSR count). The lowest BCUT2D eigenvalue weighted by Crippen LogP contribution is -2.44. The lowest BCUT2D eigenvalue weighted by Gasteiger charge is -2.31. The van der Waals surface area contributed by atoms with Crippen LogP contribution >= 0.6 is 11.6 Å². The third kappa shape index (κ3) is 5.35. The first-order chi connectivity index (χ1) is 10.7. The number of nitrogens with zero attached hydrogens (tertiary/aromatic N) is 1. The van der Waals surface area contributed by atoms with E-state index in [2.05, 4.69) is 11.9 Å². The van der Waals surface area contributed by atoms with Crippen LogP contribution in [0.25, 0.3) is 0 Å². The standard InChI is InChI=1S/C17H23ClN2O2/c1-2-11-22-13-15-7-9-20(10-8-15)17(21)19-12-14-3-5-16(18)6-4-14/h2-6,15H,1,7-13H2,(H,19,21). The van der Waals surface area contributed by atoms with Crippen LogP contribution in [-0.2, 0) is 11.3 Å². The minimum absolute atomic E-state index is 0.000380. The van der Waals surface area contributed by atoms with Gasteiger partial charge in [-0.3, -0.25) is 0 Å². The van der Waals surface area contributed by atoms with E-state index in [-0.39, 0.29) is 6.03 Å². The number of amides is 2. The molecule has 1 aliphatic rings. The van der Waals surface area contributed by atoms with E-state index < -0.39 is 0 Å². The number of rotatable bonds is 6. The van der Waals surface area contributed by atoms with E-state index in [9.17, 15) is 4.79 Å². The van der Waals surface area contributed by atoms with Crippen LogP contribution in [0.4, 0.5) is 4.79 Å². The van der Waals surface area contributed by atoms with Crippen molar-refractivity contribution in [2.75, 3.05) is 26.3 Å². The second kappa shape index (κ2) is 8.81. The number of carbonyl (C=O) groups is 1. The summed E-state index contributed by atoms with van der Waals surface area (Å²) in [6.07, 6.45) is 3.75. The molecular weight excluding hydrogens is 300 g/mol. The Morgan fingerprint density at radius 2 is 2.05 bits per heavy atom. The van der Waals surface area contributed by atoms with E-state index in [0.717, 1.165) is 38.1 Å². The van der Waals surface area contributed by atoms with Gasteiger partial charge >= 0.3 is 6.03 Å². The highest BCUT2D eigenvalue weighted by Crippen LogP contribution is 2.17. The lowest BCUT2D eigenvalue weighted by molar-refractivity contribution is 0.0886. The minimum atomic E-state index is 0.000380. The van der Waals surface area contributed by atoms with Gasteiger partial charge < -0.3 is 15.0 Å². The van der Waals surface area contributed by atoms with Gasteiger partial charge in [0.2, 0.25) is 0 Å². The van der Waals surface area contributed by atoms with Gasteiger partial charge in [-0.1, -0.05) is 29.8 Å². The van der Waals surface area contributed by atoms with Crippen molar-refractivity contribution in [3.8, 4) is 0 Å². The van der Waals surface area contributed by atoms with E-state index >= 15 is 0 Å². The highest BCUT2D eigenvalue weighted by molar-refractivity contribution is 6.30. The summed E-state index contributed by atoms with van der Waals surface area (Å²) < 4.78 is 5.49. The van der Waals surface area contributed by atoms with Crippen molar-refractivity contribution >= 4 is 17.6 Å². The maximum atomic E-state index is 12.1. The smallest absolute Gasteiger partial charge is 0.317 e. The molecule has 0 aromatic heterocycles. The predicted octanol–water partition coefficient (Wildman–Crippen LogP) is 3.46. The van der Waals surface area contributed by atoms with E-state index in [1.54, 1.807) is 6.08 Å². The Hall–Kier alpha value is -1.52. The van der Waals surface area contributed by atoms with Gasteiger partial charge in [-0.25, -0.2) is 4.79 Å². The number of piperidine rings is 1. The molecule has 0 saturated carbocycles. The number of carbonyl (C=O) groups excluding carboxylic acids is 1. The Kier molecular flexibility index (Phi) is 6.74. The Morgan fingerprint density at radius 3 is 2.68 bits per heavy atom. The maximum absolute atomic E-state index is 12.1. The van der Waals surface area contributed by atoms with Crippen LogP contribution in [0.3, 0.4) is 0 Å². The fourth-order valence-electron chi connectivity index (χ4n) is 2.51. The van der Waals surface area contributed by atoms with Crippen molar-refractivity contribution in [3.63, 3.8) is 0 Å². The summed E-state index contributed by atoms with van der Waals surface area (Å²) in [6, 6.07) is 7.51. The van der Waals surface area contributed by atoms with Crippen LogP contribution in [0.2, 0.25) is 5.02 Å². The molecular formula is C17H23ClN2O2. The third-order valence-corrected chi connectivity index (χ3v) is 4.10. The van der Waals surface area contributed by atoms with Crippen LogP contribution in [0.15, 0.2) is 36.9 Å². The highest BCUT2D eigenvalue weighted by atomic mass is 35.5. The van der Waals surface area contributed by atoms with Crippen LogP contribution in [0.1, 0.15) is 18.4 Å². The Balaban J connectivity index is 1.68. The van der Waals surface area contributed by atoms with Gasteiger partial charge in [-0.15, -0.1) is 6.58 Å². The first kappa shape index (κ1) is 16.8. The molecule has 1 aromatic carbocycles. The van der Waals surface area contributed by atoms with Gasteiger partial charge in [-0.05, 0) is 36.5 Å². The first-order valence-corrected chi connectivity index (χ1v) is 8.02. The van der Waals surface area contributed by atoms with Gasteiger partial charge in [0.25, 0.3) is 0 Å². The van der Waals surface area contributed by atoms with E-state index in [0.29, 0.717) is 24.1 Å². The summed E-state index contributed by atoms with van der Waals surface area (Å²) in [5.41, 5.74) is 1.05. The second-order valence-corrected chi connectivity index (χ2v) is 5.98. The predicted molar refractivity (Wildman–Crippen MR) is 89.0 cm³/mol. The van der Waals surface area contributed by atoms with E-state index in [1.165, 1.54) is 0 Å². The molecule has 0 aliphatic carbocycles. The summed E-state index contributed by atoms with van der Waals surface area (Å²) in [5, 5.41) is 3.66. The molecule has 1 saturated heterocycles. The molecule has 5 heteroatoms. The third-order valence-electron chi connectivity index (χ3n) is 3.85.